The van der Waals surface area contributed by atoms with Gasteiger partial charge >= 0.3 is 10.5 Å². The summed E-state index contributed by atoms with van der Waals surface area (Å²) in [6, 6.07) is 0. The molecule has 0 heterocycles. The molecule has 0 aliphatic heterocycles. The van der Waals surface area contributed by atoms with E-state index in [-0.39, 0.29) is 0 Å². The highest BCUT2D eigenvalue weighted by molar-refractivity contribution is 7.95. The monoisotopic (exact) mass is 289 g/mol. The first-order valence-corrected chi connectivity index (χ1v) is 5.65. The van der Waals surface area contributed by atoms with Crippen molar-refractivity contribution >= 4 is 22.1 Å². The molecule has 0 radical (unpaired) electrons. The molecule has 0 spiro atoms. The van der Waals surface area contributed by atoms with Gasteiger partial charge in [-0.15, -0.1) is 4.33 Å². The van der Waals surface area contributed by atoms with E-state index in [4.69, 9.17) is 5.26 Å². The number of nitrogens with one attached hydrogen (secondary N) is 1. The summed E-state index contributed by atoms with van der Waals surface area (Å²) >= 11 is -0.946. The van der Waals surface area contributed by atoms with Crippen molar-refractivity contribution in [2.75, 3.05) is 7.05 Å². The molecule has 0 atom stereocenters. The Labute approximate surface area is 92.0 Å². The van der Waals surface area contributed by atoms with Crippen molar-refractivity contribution < 1.29 is 40.6 Å². The van der Waals surface area contributed by atoms with Gasteiger partial charge in [0.15, 0.2) is 0 Å². The van der Waals surface area contributed by atoms with Crippen LogP contribution >= 0.6 is 12.0 Å². The Morgan fingerprint density at radius 2 is 1.88 bits per heavy atom. The molecule has 0 aliphatic carbocycles. The number of alkyl halides is 4. The van der Waals surface area contributed by atoms with Crippen LogP contribution in [0.2, 0.25) is 0 Å². The maximum Gasteiger partial charge on any atom is 0.365 e. The van der Waals surface area contributed by atoms with Gasteiger partial charge in [0, 0.05) is 0 Å². The van der Waals surface area contributed by atoms with Crippen LogP contribution in [0.1, 0.15) is 6.42 Å². The zero-order chi connectivity index (χ0) is 13.0. The zero-order valence-corrected chi connectivity index (χ0v) is 9.25. The van der Waals surface area contributed by atoms with Crippen molar-refractivity contribution in [1.29, 1.82) is 0 Å². The molecule has 12 heteroatoms. The van der Waals surface area contributed by atoms with E-state index in [1.807, 2.05) is 0 Å². The number of hydrogen-bond acceptors (Lipinski definition) is 6. The van der Waals surface area contributed by atoms with Gasteiger partial charge in [-0.1, -0.05) is 5.04 Å². The lowest BCUT2D eigenvalue weighted by molar-refractivity contribution is -0.433. The Hall–Kier alpha value is -0.140. The second-order valence-electron chi connectivity index (χ2n) is 2.38. The number of halogens is 4. The Morgan fingerprint density at radius 3 is 2.25 bits per heavy atom. The van der Waals surface area contributed by atoms with Crippen LogP contribution in [0, 0.1) is 0 Å². The molecular formula is C4H7F4NO5S2. The molecule has 2 N–H and O–H groups in total. The summed E-state index contributed by atoms with van der Waals surface area (Å²) in [6.07, 6.45) is -2.34. The Morgan fingerprint density at radius 1 is 1.38 bits per heavy atom. The molecule has 0 bridgehead atoms. The summed E-state index contributed by atoms with van der Waals surface area (Å²) in [5.41, 5.74) is 0. The molecule has 0 aromatic heterocycles. The lowest BCUT2D eigenvalue weighted by atomic mass is 10.5. The van der Waals surface area contributed by atoms with Crippen molar-refractivity contribution in [1.82, 2.24) is 4.72 Å². The van der Waals surface area contributed by atoms with E-state index in [9.17, 15) is 26.0 Å². The van der Waals surface area contributed by atoms with Crippen molar-refractivity contribution in [3.63, 3.8) is 0 Å². The number of sulfonamides is 1. The van der Waals surface area contributed by atoms with Crippen molar-refractivity contribution in [3.8, 4) is 0 Å². The highest BCUT2D eigenvalue weighted by Crippen LogP contribution is 2.41. The average Bonchev–Trinajstić information content (AvgIpc) is 2.13. The van der Waals surface area contributed by atoms with Crippen molar-refractivity contribution in [2.24, 2.45) is 0 Å². The molecule has 0 saturated heterocycles. The summed E-state index contributed by atoms with van der Waals surface area (Å²) < 4.78 is 76.7. The first kappa shape index (κ1) is 15.9. The second-order valence-corrected chi connectivity index (χ2v) is 5.30. The molecule has 0 aliphatic rings. The van der Waals surface area contributed by atoms with Gasteiger partial charge in [-0.25, -0.2) is 18.4 Å². The zero-order valence-electron chi connectivity index (χ0n) is 7.62. The number of hydrogen-bond donors (Lipinski definition) is 2. The van der Waals surface area contributed by atoms with Crippen LogP contribution in [0.5, 0.6) is 0 Å². The summed E-state index contributed by atoms with van der Waals surface area (Å²) in [4.78, 5) is 0. The molecule has 0 saturated carbocycles. The van der Waals surface area contributed by atoms with Crippen LogP contribution in [0.3, 0.4) is 0 Å². The van der Waals surface area contributed by atoms with Crippen LogP contribution in [0.15, 0.2) is 0 Å². The van der Waals surface area contributed by atoms with E-state index in [1.165, 1.54) is 4.72 Å². The molecule has 0 rings (SSSR count). The first-order valence-electron chi connectivity index (χ1n) is 3.42. The predicted molar refractivity (Wildman–Crippen MR) is 44.9 cm³/mol. The lowest BCUT2D eigenvalue weighted by Gasteiger charge is -2.20. The van der Waals surface area contributed by atoms with Gasteiger partial charge in [0.2, 0.25) is 0 Å². The molecule has 98 valence electrons. The molecule has 0 fully saturated rings. The van der Waals surface area contributed by atoms with E-state index >= 15 is 0 Å². The third-order valence-electron chi connectivity index (χ3n) is 1.26. The standard InChI is InChI=1S/C4H7F4NO5S2/c1-9-16(11,12)4(7,8)2-3(5,6)15-14-13-10/h9-10H,2H2,1H3. The van der Waals surface area contributed by atoms with Gasteiger partial charge in [-0.3, -0.25) is 0 Å². The van der Waals surface area contributed by atoms with Gasteiger partial charge in [0.05, 0.1) is 0 Å². The van der Waals surface area contributed by atoms with E-state index in [0.29, 0.717) is 7.05 Å². The third-order valence-corrected chi connectivity index (χ3v) is 3.25. The van der Waals surface area contributed by atoms with E-state index in [0.717, 1.165) is 0 Å². The van der Waals surface area contributed by atoms with Gasteiger partial charge < -0.3 is 0 Å². The van der Waals surface area contributed by atoms with Crippen LogP contribution < -0.4 is 4.72 Å². The van der Waals surface area contributed by atoms with Crippen molar-refractivity contribution in [3.05, 3.63) is 0 Å². The first-order chi connectivity index (χ1) is 7.08. The third kappa shape index (κ3) is 4.39. The predicted octanol–water partition coefficient (Wildman–Crippen LogP) is 1.18. The minimum absolute atomic E-state index is 0.655. The average molecular weight is 289 g/mol. The SMILES string of the molecule is CNS(=O)(=O)C(F)(F)CC(F)(F)SOOO. The Kier molecular flexibility index (Phi) is 5.41. The molecule has 0 aromatic carbocycles. The highest BCUT2D eigenvalue weighted by atomic mass is 32.2. The fourth-order valence-corrected chi connectivity index (χ4v) is 1.71. The lowest BCUT2D eigenvalue weighted by Crippen LogP contribution is -2.41. The van der Waals surface area contributed by atoms with Gasteiger partial charge in [-0.2, -0.15) is 17.6 Å². The van der Waals surface area contributed by atoms with E-state index < -0.39 is 39.0 Å². The maximum absolute atomic E-state index is 12.8. The molecular weight excluding hydrogens is 282 g/mol. The fraction of sp³-hybridized carbons (Fsp3) is 1.00. The Bertz CT molecular complexity index is 320. The summed E-state index contributed by atoms with van der Waals surface area (Å²) in [5.74, 6) is 0. The highest BCUT2D eigenvalue weighted by Gasteiger charge is 2.53. The van der Waals surface area contributed by atoms with Gasteiger partial charge in [0.1, 0.15) is 18.5 Å². The maximum atomic E-state index is 12.8. The molecule has 0 aromatic rings. The van der Waals surface area contributed by atoms with Crippen LogP contribution in [-0.2, 0) is 19.4 Å². The van der Waals surface area contributed by atoms with Gasteiger partial charge in [0.25, 0.3) is 10.0 Å². The van der Waals surface area contributed by atoms with E-state index in [2.05, 4.69) is 9.37 Å². The smallest absolute Gasteiger partial charge is 0.220 e. The summed E-state index contributed by atoms with van der Waals surface area (Å²) in [5, 5.41) is 1.35. The van der Waals surface area contributed by atoms with Crippen LogP contribution in [0.4, 0.5) is 17.6 Å². The van der Waals surface area contributed by atoms with E-state index in [1.54, 1.807) is 0 Å². The van der Waals surface area contributed by atoms with Crippen LogP contribution in [-0.4, -0.2) is 31.2 Å². The molecule has 0 unspecified atom stereocenters. The Balaban J connectivity index is 4.70. The summed E-state index contributed by atoms with van der Waals surface area (Å²) in [6.45, 7) is 0. The largest absolute Gasteiger partial charge is 0.365 e. The molecule has 16 heavy (non-hydrogen) atoms. The quantitative estimate of drug-likeness (QED) is 0.317. The second kappa shape index (κ2) is 5.46. The topological polar surface area (TPSA) is 84.9 Å². The minimum Gasteiger partial charge on any atom is -0.220 e. The minimum atomic E-state index is -5.19. The van der Waals surface area contributed by atoms with Gasteiger partial charge in [-0.05, 0) is 7.05 Å². The van der Waals surface area contributed by atoms with Crippen LogP contribution in [0.25, 0.3) is 0 Å². The fourth-order valence-electron chi connectivity index (χ4n) is 0.578. The molecule has 6 nitrogen and oxygen atoms in total. The summed E-state index contributed by atoms with van der Waals surface area (Å²) in [7, 11) is -4.54. The molecule has 0 amide bonds. The van der Waals surface area contributed by atoms with Crippen molar-refractivity contribution in [2.45, 2.75) is 16.9 Å². The normalized spacial score (nSPS) is 14.1. The number of rotatable bonds is 7.